The van der Waals surface area contributed by atoms with E-state index in [1.54, 1.807) is 7.05 Å². The summed E-state index contributed by atoms with van der Waals surface area (Å²) in [4.78, 5) is 1.41. The average molecular weight is 283 g/mol. The maximum atomic E-state index is 5.61. The van der Waals surface area contributed by atoms with Crippen LogP contribution in [0.3, 0.4) is 0 Å². The van der Waals surface area contributed by atoms with Gasteiger partial charge in [0.1, 0.15) is 5.75 Å². The van der Waals surface area contributed by atoms with Crippen LogP contribution in [0.2, 0.25) is 0 Å². The second kappa shape index (κ2) is 4.61. The Morgan fingerprint density at radius 1 is 1.44 bits per heavy atom. The highest BCUT2D eigenvalue weighted by atomic mass is 79.9. The zero-order valence-corrected chi connectivity index (χ0v) is 10.6. The third-order valence-corrected chi connectivity index (χ3v) is 2.55. The monoisotopic (exact) mass is 282 g/mol. The Morgan fingerprint density at radius 3 is 2.94 bits per heavy atom. The largest absolute Gasteiger partial charge is 0.485 e. The van der Waals surface area contributed by atoms with Crippen LogP contribution in [0, 0.1) is 6.92 Å². The molecule has 0 unspecified atom stereocenters. The van der Waals surface area contributed by atoms with E-state index in [-0.39, 0.29) is 0 Å². The highest BCUT2D eigenvalue weighted by Crippen LogP contribution is 2.23. The van der Waals surface area contributed by atoms with Crippen molar-refractivity contribution in [2.75, 3.05) is 0 Å². The molecule has 1 heterocycles. The third-order valence-electron chi connectivity index (χ3n) is 2.06. The Kier molecular flexibility index (Phi) is 3.19. The number of benzene rings is 1. The molecule has 16 heavy (non-hydrogen) atoms. The molecule has 6 heteroatoms. The van der Waals surface area contributed by atoms with E-state index >= 15 is 0 Å². The minimum Gasteiger partial charge on any atom is -0.485 e. The van der Waals surface area contributed by atoms with E-state index in [0.717, 1.165) is 15.8 Å². The van der Waals surface area contributed by atoms with Gasteiger partial charge >= 0.3 is 0 Å². The molecule has 1 aromatic carbocycles. The fraction of sp³-hybridized carbons (Fsp3) is 0.300. The van der Waals surface area contributed by atoms with Crippen LogP contribution in [0.4, 0.5) is 0 Å². The zero-order valence-electron chi connectivity index (χ0n) is 9.01. The third kappa shape index (κ3) is 2.57. The summed E-state index contributed by atoms with van der Waals surface area (Å²) in [7, 11) is 1.72. The van der Waals surface area contributed by atoms with Gasteiger partial charge in [-0.05, 0) is 29.8 Å². The Morgan fingerprint density at radius 2 is 2.25 bits per heavy atom. The summed E-state index contributed by atoms with van der Waals surface area (Å²) in [5, 5.41) is 11.6. The molecule has 0 radical (unpaired) electrons. The summed E-state index contributed by atoms with van der Waals surface area (Å²) in [5.74, 6) is 1.39. The summed E-state index contributed by atoms with van der Waals surface area (Å²) in [5.41, 5.74) is 1.08. The second-order valence-electron chi connectivity index (χ2n) is 3.39. The standard InChI is InChI=1S/C10H11BrN4O/c1-7-3-4-8(11)5-9(7)16-6-10-12-14-15(2)13-10/h3-5H,6H2,1-2H3. The summed E-state index contributed by atoms with van der Waals surface area (Å²) in [6.45, 7) is 2.32. The van der Waals surface area contributed by atoms with Crippen LogP contribution in [0.5, 0.6) is 5.75 Å². The first-order valence-electron chi connectivity index (χ1n) is 4.77. The van der Waals surface area contributed by atoms with Crippen molar-refractivity contribution >= 4 is 15.9 Å². The quantitative estimate of drug-likeness (QED) is 0.862. The van der Waals surface area contributed by atoms with Crippen molar-refractivity contribution in [1.29, 1.82) is 0 Å². The molecule has 0 aliphatic heterocycles. The highest BCUT2D eigenvalue weighted by molar-refractivity contribution is 9.10. The number of aryl methyl sites for hydroxylation is 2. The van der Waals surface area contributed by atoms with Gasteiger partial charge in [-0.3, -0.25) is 0 Å². The molecule has 5 nitrogen and oxygen atoms in total. The lowest BCUT2D eigenvalue weighted by molar-refractivity contribution is 0.293. The SMILES string of the molecule is Cc1ccc(Br)cc1OCc1nnn(C)n1. The molecule has 0 fully saturated rings. The topological polar surface area (TPSA) is 52.8 Å². The van der Waals surface area contributed by atoms with Gasteiger partial charge in [-0.15, -0.1) is 10.2 Å². The molecular weight excluding hydrogens is 272 g/mol. The molecule has 0 bridgehead atoms. The predicted octanol–water partition coefficient (Wildman–Crippen LogP) is 1.86. The number of rotatable bonds is 3. The van der Waals surface area contributed by atoms with Gasteiger partial charge in [-0.1, -0.05) is 22.0 Å². The number of ether oxygens (including phenoxy) is 1. The lowest BCUT2D eigenvalue weighted by Crippen LogP contribution is -2.00. The Hall–Kier alpha value is -1.43. The molecule has 2 aromatic rings. The molecule has 0 atom stereocenters. The van der Waals surface area contributed by atoms with E-state index in [0.29, 0.717) is 12.4 Å². The molecule has 1 aromatic heterocycles. The van der Waals surface area contributed by atoms with Gasteiger partial charge in [0.15, 0.2) is 6.61 Å². The van der Waals surface area contributed by atoms with Gasteiger partial charge in [0.2, 0.25) is 5.82 Å². The lowest BCUT2D eigenvalue weighted by Gasteiger charge is -2.07. The molecule has 0 aliphatic rings. The van der Waals surface area contributed by atoms with Gasteiger partial charge in [-0.25, -0.2) is 0 Å². The highest BCUT2D eigenvalue weighted by Gasteiger charge is 2.04. The van der Waals surface area contributed by atoms with E-state index in [1.807, 2.05) is 25.1 Å². The van der Waals surface area contributed by atoms with E-state index in [4.69, 9.17) is 4.74 Å². The maximum Gasteiger partial charge on any atom is 0.212 e. The van der Waals surface area contributed by atoms with Crippen LogP contribution in [-0.4, -0.2) is 20.2 Å². The second-order valence-corrected chi connectivity index (χ2v) is 4.31. The van der Waals surface area contributed by atoms with Crippen molar-refractivity contribution in [2.45, 2.75) is 13.5 Å². The molecular formula is C10H11BrN4O. The Bertz CT molecular complexity index is 497. The van der Waals surface area contributed by atoms with Crippen LogP contribution in [0.15, 0.2) is 22.7 Å². The molecule has 0 aliphatic carbocycles. The molecule has 84 valence electrons. The van der Waals surface area contributed by atoms with Crippen LogP contribution < -0.4 is 4.74 Å². The predicted molar refractivity (Wildman–Crippen MR) is 62.0 cm³/mol. The summed E-state index contributed by atoms with van der Waals surface area (Å²) in [6, 6.07) is 5.89. The number of hydrogen-bond donors (Lipinski definition) is 0. The van der Waals surface area contributed by atoms with Crippen molar-refractivity contribution in [3.8, 4) is 5.75 Å². The van der Waals surface area contributed by atoms with Crippen molar-refractivity contribution < 1.29 is 4.74 Å². The van der Waals surface area contributed by atoms with E-state index in [9.17, 15) is 0 Å². The van der Waals surface area contributed by atoms with E-state index < -0.39 is 0 Å². The van der Waals surface area contributed by atoms with Crippen molar-refractivity contribution in [3.63, 3.8) is 0 Å². The lowest BCUT2D eigenvalue weighted by atomic mass is 10.2. The van der Waals surface area contributed by atoms with Gasteiger partial charge in [0, 0.05) is 4.47 Å². The number of tetrazole rings is 1. The van der Waals surface area contributed by atoms with Crippen LogP contribution >= 0.6 is 15.9 Å². The van der Waals surface area contributed by atoms with Gasteiger partial charge in [0.05, 0.1) is 7.05 Å². The first-order chi connectivity index (χ1) is 7.65. The van der Waals surface area contributed by atoms with E-state index in [2.05, 4.69) is 31.3 Å². The van der Waals surface area contributed by atoms with Crippen LogP contribution in [0.25, 0.3) is 0 Å². The van der Waals surface area contributed by atoms with Crippen molar-refractivity contribution in [2.24, 2.45) is 7.05 Å². The van der Waals surface area contributed by atoms with Gasteiger partial charge in [0.25, 0.3) is 0 Å². The smallest absolute Gasteiger partial charge is 0.212 e. The van der Waals surface area contributed by atoms with Crippen molar-refractivity contribution in [3.05, 3.63) is 34.1 Å². The minimum absolute atomic E-state index is 0.325. The molecule has 0 spiro atoms. The summed E-state index contributed by atoms with van der Waals surface area (Å²) < 4.78 is 6.59. The maximum absolute atomic E-state index is 5.61. The Labute approximate surface area is 102 Å². The fourth-order valence-corrected chi connectivity index (χ4v) is 1.59. The molecule has 0 N–H and O–H groups in total. The molecule has 0 amide bonds. The van der Waals surface area contributed by atoms with Crippen LogP contribution in [-0.2, 0) is 13.7 Å². The minimum atomic E-state index is 0.325. The van der Waals surface area contributed by atoms with Crippen LogP contribution in [0.1, 0.15) is 11.4 Å². The van der Waals surface area contributed by atoms with Crippen molar-refractivity contribution in [1.82, 2.24) is 20.2 Å². The molecule has 0 saturated heterocycles. The number of nitrogens with zero attached hydrogens (tertiary/aromatic N) is 4. The Balaban J connectivity index is 2.07. The normalized spacial score (nSPS) is 10.4. The molecule has 0 saturated carbocycles. The fourth-order valence-electron chi connectivity index (χ4n) is 1.25. The zero-order chi connectivity index (χ0) is 11.5. The van der Waals surface area contributed by atoms with E-state index in [1.165, 1.54) is 4.80 Å². The summed E-state index contributed by atoms with van der Waals surface area (Å²) >= 11 is 3.40. The molecule has 2 rings (SSSR count). The van der Waals surface area contributed by atoms with Gasteiger partial charge in [-0.2, -0.15) is 4.80 Å². The number of aromatic nitrogens is 4. The number of hydrogen-bond acceptors (Lipinski definition) is 4. The first-order valence-corrected chi connectivity index (χ1v) is 5.56. The summed E-state index contributed by atoms with van der Waals surface area (Å²) in [6.07, 6.45) is 0. The average Bonchev–Trinajstić information content (AvgIpc) is 2.66. The van der Waals surface area contributed by atoms with Gasteiger partial charge < -0.3 is 4.74 Å². The first kappa shape index (κ1) is 11.1. The number of halogens is 1.